The molecule has 0 spiro atoms. The fourth-order valence-corrected chi connectivity index (χ4v) is 6.15. The monoisotopic (exact) mass is 512 g/mol. The van der Waals surface area contributed by atoms with Crippen LogP contribution >= 0.6 is 11.6 Å². The highest BCUT2D eigenvalue weighted by atomic mass is 35.5. The summed E-state index contributed by atoms with van der Waals surface area (Å²) in [6.45, 7) is 0.834. The van der Waals surface area contributed by atoms with Gasteiger partial charge in [0.05, 0.1) is 23.6 Å². The summed E-state index contributed by atoms with van der Waals surface area (Å²) >= 11 is 6.07. The Balaban J connectivity index is 1.34. The second kappa shape index (κ2) is 8.21. The first-order valence-electron chi connectivity index (χ1n) is 12.2. The minimum Gasteiger partial charge on any atom is -0.486 e. The molecule has 4 aliphatic heterocycles. The number of hydrogen-bond donors (Lipinski definition) is 0. The van der Waals surface area contributed by atoms with Crippen LogP contribution in [0.1, 0.15) is 15.9 Å². The SMILES string of the molecule is O=C(c1ccc(Cl)cc1)[C@@H]1[C@@H]2C(=O)N(c3ccc4c(c3)OCCO4)C(=O)[C@@H]2[C@H]2C=Cc3ccccc3N21. The summed E-state index contributed by atoms with van der Waals surface area (Å²) in [7, 11) is 0. The average molecular weight is 513 g/mol. The molecule has 0 saturated carbocycles. The number of amides is 2. The summed E-state index contributed by atoms with van der Waals surface area (Å²) in [6.07, 6.45) is 3.90. The van der Waals surface area contributed by atoms with Gasteiger partial charge in [0, 0.05) is 22.3 Å². The molecule has 4 heterocycles. The van der Waals surface area contributed by atoms with Gasteiger partial charge in [-0.2, -0.15) is 0 Å². The van der Waals surface area contributed by atoms with Gasteiger partial charge in [0.15, 0.2) is 17.3 Å². The van der Waals surface area contributed by atoms with Crippen molar-refractivity contribution in [3.05, 3.63) is 89.0 Å². The van der Waals surface area contributed by atoms with E-state index in [0.29, 0.717) is 41.0 Å². The fraction of sp³-hybridized carbons (Fsp3) is 0.207. The van der Waals surface area contributed by atoms with Gasteiger partial charge in [-0.25, -0.2) is 4.90 Å². The molecule has 3 aromatic carbocycles. The first-order valence-corrected chi connectivity index (χ1v) is 12.5. The van der Waals surface area contributed by atoms with Crippen molar-refractivity contribution in [1.82, 2.24) is 0 Å². The summed E-state index contributed by atoms with van der Waals surface area (Å²) in [6, 6.07) is 18.1. The Morgan fingerprint density at radius 3 is 2.41 bits per heavy atom. The van der Waals surface area contributed by atoms with Crippen LogP contribution in [-0.2, 0) is 9.59 Å². The number of hydrogen-bond acceptors (Lipinski definition) is 6. The van der Waals surface area contributed by atoms with E-state index in [1.807, 2.05) is 41.3 Å². The maximum Gasteiger partial charge on any atom is 0.240 e. The standard InChI is InChI=1S/C29H21ClN2O5/c30-18-8-5-17(6-9-18)27(33)26-25-24(21-11-7-16-3-1-2-4-20(16)32(21)26)28(34)31(29(25)35)19-10-12-22-23(15-19)37-14-13-36-22/h1-12,15,21,24-26H,13-14H2/t21-,24-,25-,26+/m1/s1. The Bertz CT molecular complexity index is 1500. The molecule has 0 aliphatic carbocycles. The molecule has 4 atom stereocenters. The summed E-state index contributed by atoms with van der Waals surface area (Å²) in [5.74, 6) is -1.41. The maximum atomic E-state index is 14.0. The van der Waals surface area contributed by atoms with Crippen LogP contribution in [0.25, 0.3) is 6.08 Å². The van der Waals surface area contributed by atoms with Crippen LogP contribution in [0.4, 0.5) is 11.4 Å². The lowest BCUT2D eigenvalue weighted by molar-refractivity contribution is -0.122. The summed E-state index contributed by atoms with van der Waals surface area (Å²) in [5.41, 5.74) is 2.64. The Morgan fingerprint density at radius 1 is 0.865 bits per heavy atom. The number of benzene rings is 3. The van der Waals surface area contributed by atoms with Gasteiger partial charge in [0.2, 0.25) is 11.8 Å². The van der Waals surface area contributed by atoms with Crippen molar-refractivity contribution in [3.63, 3.8) is 0 Å². The van der Waals surface area contributed by atoms with Crippen molar-refractivity contribution < 1.29 is 23.9 Å². The molecule has 3 aromatic rings. The van der Waals surface area contributed by atoms with E-state index in [2.05, 4.69) is 0 Å². The van der Waals surface area contributed by atoms with Gasteiger partial charge in [-0.05, 0) is 48.0 Å². The van der Waals surface area contributed by atoms with Gasteiger partial charge in [-0.1, -0.05) is 42.0 Å². The van der Waals surface area contributed by atoms with Crippen LogP contribution in [0, 0.1) is 11.8 Å². The number of para-hydroxylation sites is 1. The molecule has 0 aromatic heterocycles. The van der Waals surface area contributed by atoms with Crippen LogP contribution in [0.15, 0.2) is 72.8 Å². The van der Waals surface area contributed by atoms with Crippen LogP contribution in [0.2, 0.25) is 5.02 Å². The Hall–Kier alpha value is -4.10. The van der Waals surface area contributed by atoms with Crippen molar-refractivity contribution in [2.24, 2.45) is 11.8 Å². The molecular weight excluding hydrogens is 492 g/mol. The lowest BCUT2D eigenvalue weighted by atomic mass is 9.86. The van der Waals surface area contributed by atoms with E-state index in [1.54, 1.807) is 42.5 Å². The first kappa shape index (κ1) is 22.1. The minimum atomic E-state index is -0.846. The van der Waals surface area contributed by atoms with Gasteiger partial charge in [0.25, 0.3) is 0 Å². The van der Waals surface area contributed by atoms with E-state index in [9.17, 15) is 14.4 Å². The lowest BCUT2D eigenvalue weighted by Gasteiger charge is -2.36. The number of ether oxygens (including phenoxy) is 2. The van der Waals surface area contributed by atoms with Crippen molar-refractivity contribution in [2.45, 2.75) is 12.1 Å². The number of carbonyl (C=O) groups is 3. The Morgan fingerprint density at radius 2 is 1.59 bits per heavy atom. The molecule has 184 valence electrons. The van der Waals surface area contributed by atoms with Gasteiger partial charge in [-0.15, -0.1) is 0 Å². The van der Waals surface area contributed by atoms with Crippen molar-refractivity contribution in [3.8, 4) is 11.5 Å². The number of rotatable bonds is 3. The highest BCUT2D eigenvalue weighted by Gasteiger charge is 2.64. The second-order valence-corrected chi connectivity index (χ2v) is 9.96. The van der Waals surface area contributed by atoms with E-state index in [4.69, 9.17) is 21.1 Å². The summed E-state index contributed by atoms with van der Waals surface area (Å²) in [4.78, 5) is 45.1. The zero-order valence-electron chi connectivity index (χ0n) is 19.5. The number of halogens is 1. The lowest BCUT2D eigenvalue weighted by Crippen LogP contribution is -2.48. The third-order valence-corrected chi connectivity index (χ3v) is 7.85. The first-order chi connectivity index (χ1) is 18.0. The topological polar surface area (TPSA) is 76.1 Å². The number of nitrogens with zero attached hydrogens (tertiary/aromatic N) is 2. The van der Waals surface area contributed by atoms with E-state index >= 15 is 0 Å². The zero-order chi connectivity index (χ0) is 25.3. The number of Topliss-reactive ketones (excluding diaryl/α,β-unsaturated/α-hetero) is 1. The molecule has 2 amide bonds. The van der Waals surface area contributed by atoms with E-state index in [0.717, 1.165) is 11.3 Å². The molecule has 2 fully saturated rings. The normalized spacial score (nSPS) is 25.1. The molecule has 8 heteroatoms. The van der Waals surface area contributed by atoms with Gasteiger partial charge < -0.3 is 14.4 Å². The number of anilines is 2. The average Bonchev–Trinajstić information content (AvgIpc) is 3.41. The van der Waals surface area contributed by atoms with Gasteiger partial charge >= 0.3 is 0 Å². The predicted octanol–water partition coefficient (Wildman–Crippen LogP) is 4.38. The Kier molecular flexibility index (Phi) is 4.91. The van der Waals surface area contributed by atoms with Gasteiger partial charge in [-0.3, -0.25) is 14.4 Å². The van der Waals surface area contributed by atoms with Crippen LogP contribution < -0.4 is 19.3 Å². The second-order valence-electron chi connectivity index (χ2n) is 9.52. The highest BCUT2D eigenvalue weighted by Crippen LogP contribution is 2.50. The number of fused-ring (bicyclic) bond motifs is 6. The third-order valence-electron chi connectivity index (χ3n) is 7.60. The molecule has 2 saturated heterocycles. The quantitative estimate of drug-likeness (QED) is 0.383. The van der Waals surface area contributed by atoms with E-state index in [-0.39, 0.29) is 17.6 Å². The van der Waals surface area contributed by atoms with Crippen LogP contribution in [0.5, 0.6) is 11.5 Å². The maximum absolute atomic E-state index is 14.0. The molecular formula is C29H21ClN2O5. The molecule has 4 aliphatic rings. The summed E-state index contributed by atoms with van der Waals surface area (Å²) < 4.78 is 11.3. The minimum absolute atomic E-state index is 0.218. The number of ketones is 1. The number of carbonyl (C=O) groups excluding carboxylic acids is 3. The van der Waals surface area contributed by atoms with Crippen molar-refractivity contribution in [1.29, 1.82) is 0 Å². The Labute approximate surface area is 217 Å². The summed E-state index contributed by atoms with van der Waals surface area (Å²) in [5, 5.41) is 0.516. The third kappa shape index (κ3) is 3.23. The fourth-order valence-electron chi connectivity index (χ4n) is 6.02. The van der Waals surface area contributed by atoms with E-state index in [1.165, 1.54) is 4.90 Å². The molecule has 7 nitrogen and oxygen atoms in total. The molecule has 7 rings (SSSR count). The molecule has 0 N–H and O–H groups in total. The van der Waals surface area contributed by atoms with Crippen LogP contribution in [-0.4, -0.2) is 42.9 Å². The van der Waals surface area contributed by atoms with Crippen molar-refractivity contribution in [2.75, 3.05) is 23.0 Å². The van der Waals surface area contributed by atoms with Gasteiger partial charge in [0.1, 0.15) is 19.3 Å². The molecule has 0 radical (unpaired) electrons. The van der Waals surface area contributed by atoms with E-state index < -0.39 is 23.9 Å². The molecule has 0 bridgehead atoms. The highest BCUT2D eigenvalue weighted by molar-refractivity contribution is 6.30. The van der Waals surface area contributed by atoms with Crippen molar-refractivity contribution >= 4 is 46.6 Å². The largest absolute Gasteiger partial charge is 0.486 e. The van der Waals surface area contributed by atoms with Crippen LogP contribution in [0.3, 0.4) is 0 Å². The molecule has 37 heavy (non-hydrogen) atoms. The smallest absolute Gasteiger partial charge is 0.240 e. The number of imide groups is 1. The zero-order valence-corrected chi connectivity index (χ0v) is 20.3. The predicted molar refractivity (Wildman–Crippen MR) is 138 cm³/mol. The molecule has 0 unspecified atom stereocenters.